The van der Waals surface area contributed by atoms with E-state index in [9.17, 15) is 9.50 Å². The molecule has 3 aromatic rings. The van der Waals surface area contributed by atoms with Gasteiger partial charge in [0, 0.05) is 31.9 Å². The van der Waals surface area contributed by atoms with E-state index in [2.05, 4.69) is 10.3 Å². The highest BCUT2D eigenvalue weighted by molar-refractivity contribution is 6.30. The molecule has 0 bridgehead atoms. The molecule has 0 unspecified atom stereocenters. The molecule has 2 N–H and O–H groups in total. The van der Waals surface area contributed by atoms with Crippen LogP contribution in [0, 0.1) is 5.82 Å². The van der Waals surface area contributed by atoms with Gasteiger partial charge in [-0.1, -0.05) is 17.7 Å². The Kier molecular flexibility index (Phi) is 6.90. The number of phenolic OH excluding ortho intramolecular Hbond substituents is 1. The van der Waals surface area contributed by atoms with E-state index in [1.165, 1.54) is 25.3 Å². The average molecular weight is 417 g/mol. The maximum Gasteiger partial charge on any atom is 0.142 e. The molecular weight excluding hydrogens is 395 g/mol. The fourth-order valence-electron chi connectivity index (χ4n) is 2.89. The van der Waals surface area contributed by atoms with Gasteiger partial charge in [0.05, 0.1) is 17.8 Å². The number of ether oxygens (including phenoxy) is 2. The number of nitrogens with one attached hydrogen (secondary N) is 1. The van der Waals surface area contributed by atoms with Crippen molar-refractivity contribution in [1.29, 1.82) is 0 Å². The van der Waals surface area contributed by atoms with Crippen molar-refractivity contribution in [3.05, 3.63) is 59.4 Å². The van der Waals surface area contributed by atoms with Gasteiger partial charge in [-0.15, -0.1) is 0 Å². The van der Waals surface area contributed by atoms with Crippen molar-refractivity contribution in [3.63, 3.8) is 0 Å². The molecule has 2 aromatic carbocycles. The summed E-state index contributed by atoms with van der Waals surface area (Å²) in [6, 6.07) is 13.3. The van der Waals surface area contributed by atoms with Crippen LogP contribution in [0.25, 0.3) is 22.4 Å². The molecule has 0 aliphatic carbocycles. The van der Waals surface area contributed by atoms with Crippen LogP contribution in [0.4, 0.5) is 10.2 Å². The van der Waals surface area contributed by atoms with Gasteiger partial charge in [0.15, 0.2) is 0 Å². The zero-order valence-electron chi connectivity index (χ0n) is 16.2. The minimum Gasteiger partial charge on any atom is -0.507 e. The first-order chi connectivity index (χ1) is 14.0. The van der Waals surface area contributed by atoms with Crippen LogP contribution in [0.3, 0.4) is 0 Å². The maximum atomic E-state index is 14.0. The van der Waals surface area contributed by atoms with Crippen molar-refractivity contribution >= 4 is 17.4 Å². The number of nitrogens with zero attached hydrogens (tertiary/aromatic N) is 1. The Balaban J connectivity index is 2.03. The summed E-state index contributed by atoms with van der Waals surface area (Å²) in [4.78, 5) is 4.61. The van der Waals surface area contributed by atoms with Crippen LogP contribution in [0.1, 0.15) is 6.42 Å². The summed E-state index contributed by atoms with van der Waals surface area (Å²) in [6.07, 6.45) is 0.807. The first-order valence-electron chi connectivity index (χ1n) is 9.09. The largest absolute Gasteiger partial charge is 0.507 e. The van der Waals surface area contributed by atoms with Gasteiger partial charge >= 0.3 is 0 Å². The van der Waals surface area contributed by atoms with E-state index in [1.807, 2.05) is 6.07 Å². The van der Waals surface area contributed by atoms with E-state index in [0.29, 0.717) is 41.5 Å². The lowest BCUT2D eigenvalue weighted by Crippen LogP contribution is -2.06. The van der Waals surface area contributed by atoms with Gasteiger partial charge in [-0.25, -0.2) is 9.37 Å². The number of hydrogen-bond donors (Lipinski definition) is 2. The minimum absolute atomic E-state index is 0.0432. The number of hydrogen-bond acceptors (Lipinski definition) is 5. The number of halogens is 2. The number of aromatic hydroxyl groups is 1. The summed E-state index contributed by atoms with van der Waals surface area (Å²) in [7, 11) is 3.18. The topological polar surface area (TPSA) is 63.6 Å². The molecule has 0 saturated heterocycles. The van der Waals surface area contributed by atoms with E-state index in [1.54, 1.807) is 31.4 Å². The molecule has 3 rings (SSSR count). The lowest BCUT2D eigenvalue weighted by Gasteiger charge is -2.13. The molecule has 0 spiro atoms. The summed E-state index contributed by atoms with van der Waals surface area (Å²) < 4.78 is 24.2. The van der Waals surface area contributed by atoms with Gasteiger partial charge < -0.3 is 19.9 Å². The van der Waals surface area contributed by atoms with Gasteiger partial charge in [-0.3, -0.25) is 0 Å². The molecule has 0 saturated carbocycles. The number of benzene rings is 2. The molecule has 5 nitrogen and oxygen atoms in total. The molecule has 0 atom stereocenters. The zero-order valence-corrected chi connectivity index (χ0v) is 17.0. The summed E-state index contributed by atoms with van der Waals surface area (Å²) in [6.45, 7) is 1.29. The van der Waals surface area contributed by atoms with E-state index in [4.69, 9.17) is 21.1 Å². The molecule has 29 heavy (non-hydrogen) atoms. The van der Waals surface area contributed by atoms with Gasteiger partial charge in [0.2, 0.25) is 0 Å². The van der Waals surface area contributed by atoms with Gasteiger partial charge in [-0.05, 0) is 53.9 Å². The molecule has 0 aliphatic rings. The van der Waals surface area contributed by atoms with E-state index < -0.39 is 5.82 Å². The summed E-state index contributed by atoms with van der Waals surface area (Å²) in [5, 5.41) is 13.7. The zero-order chi connectivity index (χ0) is 20.8. The molecule has 0 fully saturated rings. The quantitative estimate of drug-likeness (QED) is 0.483. The van der Waals surface area contributed by atoms with Gasteiger partial charge in [-0.2, -0.15) is 0 Å². The number of anilines is 1. The van der Waals surface area contributed by atoms with Crippen LogP contribution in [0.5, 0.6) is 11.5 Å². The third-order valence-corrected chi connectivity index (χ3v) is 4.70. The Labute approximate surface area is 174 Å². The molecule has 0 radical (unpaired) electrons. The number of rotatable bonds is 8. The fourth-order valence-corrected chi connectivity index (χ4v) is 3.01. The van der Waals surface area contributed by atoms with Crippen LogP contribution >= 0.6 is 11.6 Å². The SMILES string of the molecule is COCCCNc1cc(-c2ccc(Cl)c(F)c2)cc(-c2ccc(OC)cc2O)n1. The second kappa shape index (κ2) is 9.58. The molecule has 152 valence electrons. The van der Waals surface area contributed by atoms with Crippen molar-refractivity contribution in [3.8, 4) is 33.9 Å². The lowest BCUT2D eigenvalue weighted by molar-refractivity contribution is 0.198. The number of pyridine rings is 1. The molecule has 7 heteroatoms. The second-order valence-corrected chi connectivity index (χ2v) is 6.82. The highest BCUT2D eigenvalue weighted by Crippen LogP contribution is 2.35. The fraction of sp³-hybridized carbons (Fsp3) is 0.227. The third kappa shape index (κ3) is 5.16. The minimum atomic E-state index is -0.496. The van der Waals surface area contributed by atoms with Crippen LogP contribution in [0.2, 0.25) is 5.02 Å². The standard InChI is InChI=1S/C22H22ClFN2O3/c1-28-9-3-8-25-22-12-15(14-4-7-18(23)19(24)10-14)11-20(26-22)17-6-5-16(29-2)13-21(17)27/h4-7,10-13,27H,3,8-9H2,1-2H3,(H,25,26). The van der Waals surface area contributed by atoms with Gasteiger partial charge in [0.1, 0.15) is 23.1 Å². The van der Waals surface area contributed by atoms with Crippen molar-refractivity contribution in [2.45, 2.75) is 6.42 Å². The smallest absolute Gasteiger partial charge is 0.142 e. The van der Waals surface area contributed by atoms with E-state index in [0.717, 1.165) is 12.0 Å². The van der Waals surface area contributed by atoms with E-state index in [-0.39, 0.29) is 10.8 Å². The summed E-state index contributed by atoms with van der Waals surface area (Å²) in [5.74, 6) is 0.699. The first-order valence-corrected chi connectivity index (χ1v) is 9.47. The van der Waals surface area contributed by atoms with Crippen LogP contribution in [0.15, 0.2) is 48.5 Å². The lowest BCUT2D eigenvalue weighted by atomic mass is 10.0. The third-order valence-electron chi connectivity index (χ3n) is 4.39. The molecular formula is C22H22ClFN2O3. The number of phenols is 1. The normalized spacial score (nSPS) is 10.8. The predicted octanol–water partition coefficient (Wildman–Crippen LogP) is 5.37. The Hall–Kier alpha value is -2.83. The van der Waals surface area contributed by atoms with Crippen molar-refractivity contribution in [1.82, 2.24) is 4.98 Å². The van der Waals surface area contributed by atoms with E-state index >= 15 is 0 Å². The Bertz CT molecular complexity index is 998. The Morgan fingerprint density at radius 2 is 1.90 bits per heavy atom. The van der Waals surface area contributed by atoms with Crippen molar-refractivity contribution in [2.24, 2.45) is 0 Å². The molecule has 0 amide bonds. The molecule has 1 heterocycles. The maximum absolute atomic E-state index is 14.0. The van der Waals surface area contributed by atoms with Crippen LogP contribution in [-0.4, -0.2) is 37.5 Å². The summed E-state index contributed by atoms with van der Waals surface area (Å²) >= 11 is 5.82. The molecule has 0 aliphatic heterocycles. The number of aromatic nitrogens is 1. The highest BCUT2D eigenvalue weighted by Gasteiger charge is 2.12. The van der Waals surface area contributed by atoms with Crippen molar-refractivity contribution < 1.29 is 19.0 Å². The monoisotopic (exact) mass is 416 g/mol. The molecule has 1 aromatic heterocycles. The second-order valence-electron chi connectivity index (χ2n) is 6.41. The Morgan fingerprint density at radius 1 is 1.07 bits per heavy atom. The summed E-state index contributed by atoms with van der Waals surface area (Å²) in [5.41, 5.74) is 2.49. The van der Waals surface area contributed by atoms with Gasteiger partial charge in [0.25, 0.3) is 0 Å². The van der Waals surface area contributed by atoms with Crippen LogP contribution < -0.4 is 10.1 Å². The van der Waals surface area contributed by atoms with Crippen molar-refractivity contribution in [2.75, 3.05) is 32.7 Å². The van der Waals surface area contributed by atoms with Crippen LogP contribution in [-0.2, 0) is 4.74 Å². The number of methoxy groups -OCH3 is 2. The highest BCUT2D eigenvalue weighted by atomic mass is 35.5. The first kappa shape index (κ1) is 20.9. The predicted molar refractivity (Wildman–Crippen MR) is 113 cm³/mol. The average Bonchev–Trinajstić information content (AvgIpc) is 2.73. The Morgan fingerprint density at radius 3 is 2.59 bits per heavy atom.